The molecule has 0 bridgehead atoms. The van der Waals surface area contributed by atoms with Crippen LogP contribution in [0.3, 0.4) is 0 Å². The molecule has 0 aliphatic heterocycles. The molecule has 0 saturated carbocycles. The van der Waals surface area contributed by atoms with Gasteiger partial charge in [0.2, 0.25) is 0 Å². The van der Waals surface area contributed by atoms with Gasteiger partial charge in [0.15, 0.2) is 0 Å². The Hall–Kier alpha value is -1.45. The summed E-state index contributed by atoms with van der Waals surface area (Å²) >= 11 is 1.84. The van der Waals surface area contributed by atoms with Crippen molar-refractivity contribution in [2.75, 3.05) is 7.11 Å². The van der Waals surface area contributed by atoms with Crippen LogP contribution in [0.5, 0.6) is 0 Å². The van der Waals surface area contributed by atoms with Gasteiger partial charge in [-0.25, -0.2) is 0 Å². The van der Waals surface area contributed by atoms with Gasteiger partial charge in [0.05, 0.1) is 6.10 Å². The normalized spacial score (nSPS) is 26.3. The van der Waals surface area contributed by atoms with Crippen molar-refractivity contribution in [3.8, 4) is 0 Å². The Labute approximate surface area is 137 Å². The number of aldehydes is 1. The number of carbonyl (C=O) groups excluding carboxylic acids is 1. The summed E-state index contributed by atoms with van der Waals surface area (Å²) in [7, 11) is 1.77. The van der Waals surface area contributed by atoms with Crippen LogP contribution in [0.2, 0.25) is 0 Å². The average molecular weight is 316 g/mol. The van der Waals surface area contributed by atoms with E-state index in [9.17, 15) is 4.79 Å². The SMILES string of the molecule is COC1C=CC(c2ccc(/C(C)=C/C=C(\C)C=O)s2)C(C)C1. The fraction of sp³-hybridized carbons (Fsp3) is 0.421. The first-order valence-corrected chi connectivity index (χ1v) is 8.48. The van der Waals surface area contributed by atoms with Gasteiger partial charge in [0, 0.05) is 22.8 Å². The van der Waals surface area contributed by atoms with Gasteiger partial charge in [-0.2, -0.15) is 0 Å². The molecule has 3 atom stereocenters. The van der Waals surface area contributed by atoms with Crippen LogP contribution in [0, 0.1) is 5.92 Å². The Kier molecular flexibility index (Phi) is 5.92. The van der Waals surface area contributed by atoms with Crippen LogP contribution in [0.15, 0.2) is 42.0 Å². The van der Waals surface area contributed by atoms with Crippen molar-refractivity contribution in [3.05, 3.63) is 51.8 Å². The molecule has 3 heteroatoms. The van der Waals surface area contributed by atoms with Crippen molar-refractivity contribution in [2.45, 2.75) is 39.2 Å². The van der Waals surface area contributed by atoms with Gasteiger partial charge in [-0.05, 0) is 49.5 Å². The first-order chi connectivity index (χ1) is 10.5. The van der Waals surface area contributed by atoms with Gasteiger partial charge in [0.1, 0.15) is 6.29 Å². The molecule has 22 heavy (non-hydrogen) atoms. The third kappa shape index (κ3) is 4.05. The van der Waals surface area contributed by atoms with Crippen molar-refractivity contribution in [3.63, 3.8) is 0 Å². The Bertz CT molecular complexity index is 607. The van der Waals surface area contributed by atoms with Crippen molar-refractivity contribution >= 4 is 23.2 Å². The van der Waals surface area contributed by atoms with Crippen LogP contribution in [0.4, 0.5) is 0 Å². The number of thiophene rings is 1. The van der Waals surface area contributed by atoms with Crippen molar-refractivity contribution in [2.24, 2.45) is 5.92 Å². The summed E-state index contributed by atoms with van der Waals surface area (Å²) in [5, 5.41) is 0. The highest BCUT2D eigenvalue weighted by Crippen LogP contribution is 2.38. The lowest BCUT2D eigenvalue weighted by Crippen LogP contribution is -2.21. The molecule has 118 valence electrons. The molecule has 1 aliphatic rings. The van der Waals surface area contributed by atoms with E-state index in [0.717, 1.165) is 18.3 Å². The summed E-state index contributed by atoms with van der Waals surface area (Å²) in [5.74, 6) is 1.06. The number of carbonyl (C=O) groups is 1. The van der Waals surface area contributed by atoms with Gasteiger partial charge < -0.3 is 4.74 Å². The van der Waals surface area contributed by atoms with E-state index in [-0.39, 0.29) is 6.10 Å². The molecule has 0 amide bonds. The summed E-state index contributed by atoms with van der Waals surface area (Å²) < 4.78 is 5.43. The lowest BCUT2D eigenvalue weighted by Gasteiger charge is -2.27. The Morgan fingerprint density at radius 1 is 1.27 bits per heavy atom. The first-order valence-electron chi connectivity index (χ1n) is 7.66. The summed E-state index contributed by atoms with van der Waals surface area (Å²) in [4.78, 5) is 13.3. The monoisotopic (exact) mass is 316 g/mol. The molecule has 0 N–H and O–H groups in total. The molecular formula is C19H24O2S. The molecule has 0 aromatic carbocycles. The quantitative estimate of drug-likeness (QED) is 0.331. The molecule has 1 aliphatic carbocycles. The molecule has 0 fully saturated rings. The van der Waals surface area contributed by atoms with E-state index in [1.807, 2.05) is 30.4 Å². The van der Waals surface area contributed by atoms with Crippen LogP contribution in [0.25, 0.3) is 5.57 Å². The fourth-order valence-electron chi connectivity index (χ4n) is 2.70. The smallest absolute Gasteiger partial charge is 0.145 e. The minimum absolute atomic E-state index is 0.253. The number of hydrogen-bond acceptors (Lipinski definition) is 3. The molecule has 1 heterocycles. The van der Waals surface area contributed by atoms with E-state index >= 15 is 0 Å². The second-order valence-corrected chi connectivity index (χ2v) is 7.09. The Morgan fingerprint density at radius 3 is 2.68 bits per heavy atom. The van der Waals surface area contributed by atoms with E-state index < -0.39 is 0 Å². The predicted molar refractivity (Wildman–Crippen MR) is 94.3 cm³/mol. The molecule has 1 aromatic heterocycles. The zero-order chi connectivity index (χ0) is 16.1. The minimum Gasteiger partial charge on any atom is -0.377 e. The highest BCUT2D eigenvalue weighted by molar-refractivity contribution is 7.13. The molecule has 2 rings (SSSR count). The maximum absolute atomic E-state index is 10.6. The standard InChI is InChI=1S/C19H24O2S/c1-13(12-20)5-6-14(2)18-9-10-19(22-18)17-8-7-16(21-4)11-15(17)3/h5-10,12,15-17H,11H2,1-4H3/b13-5+,14-6+. The summed E-state index contributed by atoms with van der Waals surface area (Å²) in [6, 6.07) is 4.41. The molecule has 2 nitrogen and oxygen atoms in total. The third-order valence-corrected chi connectivity index (χ3v) is 5.50. The van der Waals surface area contributed by atoms with Gasteiger partial charge >= 0.3 is 0 Å². The topological polar surface area (TPSA) is 26.3 Å². The second kappa shape index (κ2) is 7.70. The lowest BCUT2D eigenvalue weighted by molar-refractivity contribution is -0.104. The number of rotatable bonds is 5. The van der Waals surface area contributed by atoms with Crippen molar-refractivity contribution < 1.29 is 9.53 Å². The van der Waals surface area contributed by atoms with E-state index in [1.54, 1.807) is 7.11 Å². The Morgan fingerprint density at radius 2 is 2.05 bits per heavy atom. The number of ether oxygens (including phenoxy) is 1. The van der Waals surface area contributed by atoms with Crippen LogP contribution in [0.1, 0.15) is 42.9 Å². The number of hydrogen-bond donors (Lipinski definition) is 0. The van der Waals surface area contributed by atoms with Gasteiger partial charge in [-0.3, -0.25) is 4.79 Å². The maximum atomic E-state index is 10.6. The maximum Gasteiger partial charge on any atom is 0.145 e. The van der Waals surface area contributed by atoms with E-state index in [2.05, 4.69) is 38.1 Å². The Balaban J connectivity index is 2.16. The average Bonchev–Trinajstić information content (AvgIpc) is 3.01. The highest BCUT2D eigenvalue weighted by atomic mass is 32.1. The zero-order valence-corrected chi connectivity index (χ0v) is 14.5. The molecule has 3 unspecified atom stereocenters. The van der Waals surface area contributed by atoms with Crippen molar-refractivity contribution in [1.29, 1.82) is 0 Å². The van der Waals surface area contributed by atoms with Crippen LogP contribution < -0.4 is 0 Å². The van der Waals surface area contributed by atoms with Gasteiger partial charge in [0.25, 0.3) is 0 Å². The number of allylic oxidation sites excluding steroid dienone is 5. The van der Waals surface area contributed by atoms with Crippen LogP contribution >= 0.6 is 11.3 Å². The molecule has 0 radical (unpaired) electrons. The zero-order valence-electron chi connectivity index (χ0n) is 13.7. The predicted octanol–water partition coefficient (Wildman–Crippen LogP) is 4.99. The van der Waals surface area contributed by atoms with E-state index in [1.165, 1.54) is 15.3 Å². The molecular weight excluding hydrogens is 292 g/mol. The minimum atomic E-state index is 0.253. The summed E-state index contributed by atoms with van der Waals surface area (Å²) in [6.45, 7) is 6.20. The fourth-order valence-corrected chi connectivity index (χ4v) is 3.90. The van der Waals surface area contributed by atoms with Crippen LogP contribution in [-0.4, -0.2) is 19.5 Å². The summed E-state index contributed by atoms with van der Waals surface area (Å²) in [6.07, 6.45) is 10.6. The molecule has 1 aromatic rings. The van der Waals surface area contributed by atoms with E-state index in [4.69, 9.17) is 4.74 Å². The summed E-state index contributed by atoms with van der Waals surface area (Å²) in [5.41, 5.74) is 1.94. The second-order valence-electron chi connectivity index (χ2n) is 5.98. The van der Waals surface area contributed by atoms with E-state index in [0.29, 0.717) is 11.8 Å². The lowest BCUT2D eigenvalue weighted by atomic mass is 9.83. The molecule has 0 saturated heterocycles. The van der Waals surface area contributed by atoms with Crippen LogP contribution in [-0.2, 0) is 9.53 Å². The van der Waals surface area contributed by atoms with Crippen molar-refractivity contribution in [1.82, 2.24) is 0 Å². The third-order valence-electron chi connectivity index (χ3n) is 4.18. The first kappa shape index (κ1) is 16.9. The highest BCUT2D eigenvalue weighted by Gasteiger charge is 2.25. The largest absolute Gasteiger partial charge is 0.377 e. The van der Waals surface area contributed by atoms with Gasteiger partial charge in [-0.15, -0.1) is 11.3 Å². The number of methoxy groups -OCH3 is 1. The van der Waals surface area contributed by atoms with Gasteiger partial charge in [-0.1, -0.05) is 31.2 Å². The molecule has 0 spiro atoms.